The number of ether oxygens (including phenoxy) is 2. The fourth-order valence-electron chi connectivity index (χ4n) is 3.65. The number of nitrogens with one attached hydrogen (secondary N) is 2. The van der Waals surface area contributed by atoms with Crippen molar-refractivity contribution in [1.82, 2.24) is 9.88 Å². The molecule has 3 rings (SSSR count). The highest BCUT2D eigenvalue weighted by molar-refractivity contribution is 6.31. The van der Waals surface area contributed by atoms with Crippen LogP contribution in [-0.2, 0) is 17.8 Å². The Morgan fingerprint density at radius 2 is 1.76 bits per heavy atom. The lowest BCUT2D eigenvalue weighted by Gasteiger charge is -2.24. The molecule has 0 bridgehead atoms. The highest BCUT2D eigenvalue weighted by atomic mass is 35.5. The van der Waals surface area contributed by atoms with Crippen molar-refractivity contribution >= 4 is 29.3 Å². The van der Waals surface area contributed by atoms with Gasteiger partial charge in [-0.25, -0.2) is 9.59 Å². The van der Waals surface area contributed by atoms with Gasteiger partial charge in [0.1, 0.15) is 11.4 Å². The van der Waals surface area contributed by atoms with E-state index in [4.69, 9.17) is 21.1 Å². The molecule has 0 saturated heterocycles. The molecule has 3 aromatic rings. The summed E-state index contributed by atoms with van der Waals surface area (Å²) in [7, 11) is 1.61. The van der Waals surface area contributed by atoms with Crippen molar-refractivity contribution in [2.75, 3.05) is 19.0 Å². The molecule has 34 heavy (non-hydrogen) atoms. The summed E-state index contributed by atoms with van der Waals surface area (Å²) in [6.07, 6.45) is 0. The highest BCUT2D eigenvalue weighted by Gasteiger charge is 2.23. The van der Waals surface area contributed by atoms with E-state index in [1.54, 1.807) is 25.0 Å². The van der Waals surface area contributed by atoms with Crippen molar-refractivity contribution in [3.8, 4) is 5.75 Å². The van der Waals surface area contributed by atoms with Gasteiger partial charge in [-0.1, -0.05) is 29.8 Å². The van der Waals surface area contributed by atoms with Crippen LogP contribution in [0.15, 0.2) is 42.5 Å². The Labute approximate surface area is 205 Å². The quantitative estimate of drug-likeness (QED) is 0.384. The minimum Gasteiger partial charge on any atom is -0.497 e. The minimum absolute atomic E-state index is 0.284. The third-order valence-corrected chi connectivity index (χ3v) is 6.07. The largest absolute Gasteiger partial charge is 0.497 e. The summed E-state index contributed by atoms with van der Waals surface area (Å²) in [5, 5.41) is 3.52. The molecule has 2 aromatic carbocycles. The maximum absolute atomic E-state index is 13.4. The predicted molar refractivity (Wildman–Crippen MR) is 134 cm³/mol. The fourth-order valence-corrected chi connectivity index (χ4v) is 3.83. The molecular formula is C26H30ClN3O4. The average Bonchev–Trinajstić information content (AvgIpc) is 3.10. The number of nitrogens with zero attached hydrogens (tertiary/aromatic N) is 1. The molecule has 7 nitrogen and oxygen atoms in total. The van der Waals surface area contributed by atoms with Gasteiger partial charge in [-0.2, -0.15) is 0 Å². The monoisotopic (exact) mass is 483 g/mol. The first-order valence-corrected chi connectivity index (χ1v) is 11.4. The normalized spacial score (nSPS) is 10.6. The number of carbonyl (C=O) groups is 2. The first-order valence-electron chi connectivity index (χ1n) is 11.0. The van der Waals surface area contributed by atoms with Crippen molar-refractivity contribution in [2.45, 2.75) is 40.8 Å². The first kappa shape index (κ1) is 25.2. The number of halogens is 1. The Morgan fingerprint density at radius 1 is 1.06 bits per heavy atom. The third-order valence-electron chi connectivity index (χ3n) is 5.66. The number of rotatable bonds is 8. The number of benzene rings is 2. The van der Waals surface area contributed by atoms with Gasteiger partial charge in [0.2, 0.25) is 0 Å². The predicted octanol–water partition coefficient (Wildman–Crippen LogP) is 6.01. The van der Waals surface area contributed by atoms with Crippen LogP contribution in [-0.4, -0.2) is 35.6 Å². The molecule has 1 heterocycles. The Bertz CT molecular complexity index is 1170. The molecule has 8 heteroatoms. The van der Waals surface area contributed by atoms with E-state index in [9.17, 15) is 9.59 Å². The van der Waals surface area contributed by atoms with Crippen LogP contribution in [0.5, 0.6) is 5.75 Å². The standard InChI is InChI=1S/C26H30ClN3O4/c1-6-34-25(31)24-17(3)22(18(4)28-24)15-30(14-19-8-11-21(33-5)12-9-19)26(32)29-20-10-7-16(2)23(27)13-20/h7-13,28H,6,14-15H2,1-5H3,(H,29,32). The minimum atomic E-state index is -0.408. The van der Waals surface area contributed by atoms with Gasteiger partial charge in [-0.3, -0.25) is 0 Å². The lowest BCUT2D eigenvalue weighted by Crippen LogP contribution is -2.34. The number of esters is 1. The van der Waals surface area contributed by atoms with Gasteiger partial charge in [0.05, 0.1) is 13.7 Å². The molecule has 0 aliphatic rings. The maximum Gasteiger partial charge on any atom is 0.355 e. The molecule has 0 fully saturated rings. The molecule has 0 aliphatic carbocycles. The van der Waals surface area contributed by atoms with E-state index in [-0.39, 0.29) is 12.6 Å². The molecular weight excluding hydrogens is 454 g/mol. The lowest BCUT2D eigenvalue weighted by atomic mass is 10.1. The summed E-state index contributed by atoms with van der Waals surface area (Å²) in [5.74, 6) is 0.334. The number of anilines is 1. The lowest BCUT2D eigenvalue weighted by molar-refractivity contribution is 0.0519. The average molecular weight is 484 g/mol. The van der Waals surface area contributed by atoms with E-state index in [0.717, 1.165) is 33.7 Å². The van der Waals surface area contributed by atoms with E-state index >= 15 is 0 Å². The van der Waals surface area contributed by atoms with Crippen molar-refractivity contribution in [3.05, 3.63) is 81.1 Å². The van der Waals surface area contributed by atoms with Gasteiger partial charge < -0.3 is 24.7 Å². The third kappa shape index (κ3) is 5.91. The number of aryl methyl sites for hydroxylation is 2. The summed E-state index contributed by atoms with van der Waals surface area (Å²) >= 11 is 6.24. The number of aromatic nitrogens is 1. The van der Waals surface area contributed by atoms with E-state index in [1.807, 2.05) is 57.2 Å². The highest BCUT2D eigenvalue weighted by Crippen LogP contribution is 2.24. The van der Waals surface area contributed by atoms with Crippen molar-refractivity contribution in [1.29, 1.82) is 0 Å². The van der Waals surface area contributed by atoms with Crippen LogP contribution in [0.4, 0.5) is 10.5 Å². The summed E-state index contributed by atoms with van der Waals surface area (Å²) in [4.78, 5) is 30.5. The van der Waals surface area contributed by atoms with Gasteiger partial charge in [0, 0.05) is 29.5 Å². The van der Waals surface area contributed by atoms with Crippen molar-refractivity contribution < 1.29 is 19.1 Å². The summed E-state index contributed by atoms with van der Waals surface area (Å²) in [6, 6.07) is 12.7. The summed E-state index contributed by atoms with van der Waals surface area (Å²) in [6.45, 7) is 8.35. The van der Waals surface area contributed by atoms with E-state index in [0.29, 0.717) is 29.5 Å². The van der Waals surface area contributed by atoms with E-state index < -0.39 is 5.97 Å². The van der Waals surface area contributed by atoms with Crippen LogP contribution >= 0.6 is 11.6 Å². The van der Waals surface area contributed by atoms with Gasteiger partial charge in [0.15, 0.2) is 0 Å². The molecule has 2 amide bonds. The second-order valence-corrected chi connectivity index (χ2v) is 8.45. The van der Waals surface area contributed by atoms with Crippen molar-refractivity contribution in [3.63, 3.8) is 0 Å². The number of H-pyrrole nitrogens is 1. The van der Waals surface area contributed by atoms with Crippen LogP contribution in [0.25, 0.3) is 0 Å². The van der Waals surface area contributed by atoms with Crippen LogP contribution < -0.4 is 10.1 Å². The van der Waals surface area contributed by atoms with Crippen LogP contribution in [0.1, 0.15) is 45.4 Å². The second-order valence-electron chi connectivity index (χ2n) is 8.05. The molecule has 0 saturated carbocycles. The van der Waals surface area contributed by atoms with Gasteiger partial charge in [-0.15, -0.1) is 0 Å². The summed E-state index contributed by atoms with van der Waals surface area (Å²) < 4.78 is 10.4. The molecule has 0 radical (unpaired) electrons. The number of carbonyl (C=O) groups excluding carboxylic acids is 2. The second kappa shape index (κ2) is 11.1. The zero-order valence-corrected chi connectivity index (χ0v) is 20.9. The molecule has 0 unspecified atom stereocenters. The number of amides is 2. The molecule has 0 atom stereocenters. The van der Waals surface area contributed by atoms with Gasteiger partial charge in [0.25, 0.3) is 0 Å². The van der Waals surface area contributed by atoms with E-state index in [1.165, 1.54) is 0 Å². The Balaban J connectivity index is 1.90. The topological polar surface area (TPSA) is 83.7 Å². The van der Waals surface area contributed by atoms with Crippen LogP contribution in [0.3, 0.4) is 0 Å². The van der Waals surface area contributed by atoms with Gasteiger partial charge >= 0.3 is 12.0 Å². The number of hydrogen-bond donors (Lipinski definition) is 2. The molecule has 2 N–H and O–H groups in total. The zero-order chi connectivity index (χ0) is 24.8. The fraction of sp³-hybridized carbons (Fsp3) is 0.308. The molecule has 0 spiro atoms. The Morgan fingerprint density at radius 3 is 2.38 bits per heavy atom. The van der Waals surface area contributed by atoms with E-state index in [2.05, 4.69) is 10.3 Å². The molecule has 1 aromatic heterocycles. The smallest absolute Gasteiger partial charge is 0.355 e. The zero-order valence-electron chi connectivity index (χ0n) is 20.1. The Hall–Kier alpha value is -3.45. The number of hydrogen-bond acceptors (Lipinski definition) is 4. The van der Waals surface area contributed by atoms with Crippen LogP contribution in [0, 0.1) is 20.8 Å². The number of urea groups is 1. The molecule has 180 valence electrons. The van der Waals surface area contributed by atoms with Crippen molar-refractivity contribution in [2.24, 2.45) is 0 Å². The summed E-state index contributed by atoms with van der Waals surface area (Å²) in [5.41, 5.74) is 5.33. The number of methoxy groups -OCH3 is 1. The Kier molecular flexibility index (Phi) is 8.23. The molecule has 0 aliphatic heterocycles. The number of aromatic amines is 1. The SMILES string of the molecule is CCOC(=O)c1[nH]c(C)c(CN(Cc2ccc(OC)cc2)C(=O)Nc2ccc(C)c(Cl)c2)c1C. The van der Waals surface area contributed by atoms with Crippen LogP contribution in [0.2, 0.25) is 5.02 Å². The maximum atomic E-state index is 13.4. The van der Waals surface area contributed by atoms with Gasteiger partial charge in [-0.05, 0) is 74.2 Å². The first-order chi connectivity index (χ1) is 16.2.